The zero-order chi connectivity index (χ0) is 13.0. The lowest BCUT2D eigenvalue weighted by molar-refractivity contribution is -0.133. The van der Waals surface area contributed by atoms with Gasteiger partial charge in [0, 0.05) is 26.2 Å². The molecule has 0 atom stereocenters. The van der Waals surface area contributed by atoms with Crippen LogP contribution in [0.15, 0.2) is 17.1 Å². The topological polar surface area (TPSA) is 67.2 Å². The maximum absolute atomic E-state index is 12.0. The van der Waals surface area contributed by atoms with Crippen molar-refractivity contribution >= 4 is 11.6 Å². The summed E-state index contributed by atoms with van der Waals surface area (Å²) in [7, 11) is 1.72. The maximum Gasteiger partial charge on any atom is 0.269 e. The van der Waals surface area contributed by atoms with Crippen LogP contribution in [0.25, 0.3) is 0 Å². The second-order valence-electron chi connectivity index (χ2n) is 4.43. The van der Waals surface area contributed by atoms with Gasteiger partial charge in [-0.25, -0.2) is 4.68 Å². The highest BCUT2D eigenvalue weighted by atomic mass is 16.2. The van der Waals surface area contributed by atoms with Gasteiger partial charge in [0.15, 0.2) is 0 Å². The molecule has 1 aliphatic heterocycles. The Morgan fingerprint density at radius 1 is 1.39 bits per heavy atom. The first kappa shape index (κ1) is 12.6. The average molecular weight is 250 g/mol. The summed E-state index contributed by atoms with van der Waals surface area (Å²) in [5.41, 5.74) is 0.397. The van der Waals surface area contributed by atoms with E-state index in [9.17, 15) is 9.59 Å². The van der Waals surface area contributed by atoms with E-state index in [4.69, 9.17) is 0 Å². The number of rotatable bonds is 3. The first-order valence-corrected chi connectivity index (χ1v) is 6.23. The van der Waals surface area contributed by atoms with Gasteiger partial charge in [0.2, 0.25) is 5.91 Å². The van der Waals surface area contributed by atoms with E-state index in [0.29, 0.717) is 5.69 Å². The summed E-state index contributed by atoms with van der Waals surface area (Å²) in [6.45, 7) is 1.62. The van der Waals surface area contributed by atoms with Gasteiger partial charge in [0.1, 0.15) is 6.54 Å². The van der Waals surface area contributed by atoms with E-state index in [2.05, 4.69) is 10.4 Å². The van der Waals surface area contributed by atoms with Crippen LogP contribution < -0.4 is 10.9 Å². The molecular formula is C12H18N4O2. The monoisotopic (exact) mass is 250 g/mol. The standard InChI is InChI=1S/C12H18N4O2/c1-13-10-7-11(17)16(14-8-10)9-12(18)15-5-3-2-4-6-15/h7-8,13H,2-6,9H2,1H3. The van der Waals surface area contributed by atoms with E-state index in [1.807, 2.05) is 4.90 Å². The number of nitrogens with zero attached hydrogens (tertiary/aromatic N) is 3. The minimum absolute atomic E-state index is 0.0264. The lowest BCUT2D eigenvalue weighted by Gasteiger charge is -2.26. The number of likely N-dealkylation sites (tertiary alicyclic amines) is 1. The lowest BCUT2D eigenvalue weighted by Crippen LogP contribution is -2.40. The molecule has 1 N–H and O–H groups in total. The quantitative estimate of drug-likeness (QED) is 0.837. The van der Waals surface area contributed by atoms with Crippen molar-refractivity contribution in [1.82, 2.24) is 14.7 Å². The van der Waals surface area contributed by atoms with Crippen LogP contribution in [-0.2, 0) is 11.3 Å². The molecule has 1 fully saturated rings. The molecule has 0 aliphatic carbocycles. The second-order valence-corrected chi connectivity index (χ2v) is 4.43. The summed E-state index contributed by atoms with van der Waals surface area (Å²) in [5.74, 6) is -0.0264. The maximum atomic E-state index is 12.0. The van der Waals surface area contributed by atoms with E-state index in [-0.39, 0.29) is 18.0 Å². The fourth-order valence-corrected chi connectivity index (χ4v) is 2.06. The highest BCUT2D eigenvalue weighted by Gasteiger charge is 2.17. The Labute approximate surface area is 106 Å². The van der Waals surface area contributed by atoms with E-state index in [1.165, 1.54) is 17.2 Å². The molecule has 0 saturated carbocycles. The fourth-order valence-electron chi connectivity index (χ4n) is 2.06. The normalized spacial score (nSPS) is 15.5. The molecule has 0 spiro atoms. The molecule has 98 valence electrons. The van der Waals surface area contributed by atoms with Crippen molar-refractivity contribution in [2.75, 3.05) is 25.5 Å². The van der Waals surface area contributed by atoms with Crippen LogP contribution in [0.1, 0.15) is 19.3 Å². The molecule has 1 saturated heterocycles. The Hall–Kier alpha value is -1.85. The molecule has 6 heteroatoms. The Balaban J connectivity index is 2.04. The number of carbonyl (C=O) groups excluding carboxylic acids is 1. The molecule has 2 heterocycles. The third-order valence-corrected chi connectivity index (χ3v) is 3.15. The van der Waals surface area contributed by atoms with Crippen molar-refractivity contribution < 1.29 is 4.79 Å². The zero-order valence-electron chi connectivity index (χ0n) is 10.6. The predicted molar refractivity (Wildman–Crippen MR) is 68.5 cm³/mol. The van der Waals surface area contributed by atoms with Crippen LogP contribution >= 0.6 is 0 Å². The summed E-state index contributed by atoms with van der Waals surface area (Å²) < 4.78 is 1.21. The SMILES string of the molecule is CNc1cnn(CC(=O)N2CCCCC2)c(=O)c1. The van der Waals surface area contributed by atoms with Crippen molar-refractivity contribution in [1.29, 1.82) is 0 Å². The highest BCUT2D eigenvalue weighted by Crippen LogP contribution is 2.09. The van der Waals surface area contributed by atoms with Gasteiger partial charge in [-0.1, -0.05) is 0 Å². The fraction of sp³-hybridized carbons (Fsp3) is 0.583. The number of anilines is 1. The number of carbonyl (C=O) groups is 1. The van der Waals surface area contributed by atoms with Gasteiger partial charge in [-0.2, -0.15) is 5.10 Å². The Bertz CT molecular complexity index is 477. The van der Waals surface area contributed by atoms with Crippen molar-refractivity contribution in [3.63, 3.8) is 0 Å². The van der Waals surface area contributed by atoms with E-state index in [1.54, 1.807) is 13.2 Å². The summed E-state index contributed by atoms with van der Waals surface area (Å²) in [6, 6.07) is 1.44. The average Bonchev–Trinajstić information content (AvgIpc) is 2.42. The van der Waals surface area contributed by atoms with Gasteiger partial charge in [-0.05, 0) is 19.3 Å². The molecule has 1 aliphatic rings. The van der Waals surface area contributed by atoms with E-state index < -0.39 is 0 Å². The van der Waals surface area contributed by atoms with E-state index in [0.717, 1.165) is 25.9 Å². The highest BCUT2D eigenvalue weighted by molar-refractivity contribution is 5.75. The van der Waals surface area contributed by atoms with Gasteiger partial charge < -0.3 is 10.2 Å². The third-order valence-electron chi connectivity index (χ3n) is 3.15. The number of aromatic nitrogens is 2. The van der Waals surface area contributed by atoms with Crippen LogP contribution in [0.5, 0.6) is 0 Å². The van der Waals surface area contributed by atoms with Crippen LogP contribution in [0.2, 0.25) is 0 Å². The van der Waals surface area contributed by atoms with Gasteiger partial charge in [0.05, 0.1) is 11.9 Å². The van der Waals surface area contributed by atoms with Crippen LogP contribution in [-0.4, -0.2) is 40.7 Å². The van der Waals surface area contributed by atoms with Gasteiger partial charge in [-0.15, -0.1) is 0 Å². The van der Waals surface area contributed by atoms with Gasteiger partial charge in [0.25, 0.3) is 5.56 Å². The number of nitrogens with one attached hydrogen (secondary N) is 1. The van der Waals surface area contributed by atoms with Crippen molar-refractivity contribution in [3.8, 4) is 0 Å². The molecule has 1 amide bonds. The summed E-state index contributed by atoms with van der Waals surface area (Å²) >= 11 is 0. The minimum Gasteiger partial charge on any atom is -0.387 e. The number of hydrogen-bond donors (Lipinski definition) is 1. The summed E-state index contributed by atoms with van der Waals surface area (Å²) in [4.78, 5) is 25.5. The molecule has 0 aromatic carbocycles. The van der Waals surface area contributed by atoms with Crippen LogP contribution in [0.4, 0.5) is 5.69 Å². The zero-order valence-corrected chi connectivity index (χ0v) is 10.6. The molecule has 0 unspecified atom stereocenters. The Morgan fingerprint density at radius 2 is 2.11 bits per heavy atom. The Morgan fingerprint density at radius 3 is 2.72 bits per heavy atom. The summed E-state index contributed by atoms with van der Waals surface area (Å²) in [6.07, 6.45) is 4.82. The molecule has 1 aromatic heterocycles. The van der Waals surface area contributed by atoms with Gasteiger partial charge >= 0.3 is 0 Å². The molecule has 6 nitrogen and oxygen atoms in total. The van der Waals surface area contributed by atoms with Crippen molar-refractivity contribution in [3.05, 3.63) is 22.6 Å². The summed E-state index contributed by atoms with van der Waals surface area (Å²) in [5, 5.41) is 6.82. The van der Waals surface area contributed by atoms with E-state index >= 15 is 0 Å². The smallest absolute Gasteiger partial charge is 0.269 e. The third kappa shape index (κ3) is 2.88. The molecule has 18 heavy (non-hydrogen) atoms. The number of hydrogen-bond acceptors (Lipinski definition) is 4. The number of piperidine rings is 1. The van der Waals surface area contributed by atoms with Gasteiger partial charge in [-0.3, -0.25) is 9.59 Å². The lowest BCUT2D eigenvalue weighted by atomic mass is 10.1. The van der Waals surface area contributed by atoms with Crippen LogP contribution in [0.3, 0.4) is 0 Å². The van der Waals surface area contributed by atoms with Crippen molar-refractivity contribution in [2.45, 2.75) is 25.8 Å². The first-order valence-electron chi connectivity index (χ1n) is 6.23. The Kier molecular flexibility index (Phi) is 3.96. The molecule has 1 aromatic rings. The van der Waals surface area contributed by atoms with Crippen LogP contribution in [0, 0.1) is 0 Å². The minimum atomic E-state index is -0.257. The molecule has 0 radical (unpaired) electrons. The second kappa shape index (κ2) is 5.66. The molecule has 0 bridgehead atoms. The largest absolute Gasteiger partial charge is 0.387 e. The predicted octanol–water partition coefficient (Wildman–Crippen LogP) is 0.297. The van der Waals surface area contributed by atoms with Crippen molar-refractivity contribution in [2.24, 2.45) is 0 Å². The molecule has 2 rings (SSSR count). The number of amides is 1. The molecular weight excluding hydrogens is 232 g/mol. The first-order chi connectivity index (χ1) is 8.70.